The van der Waals surface area contributed by atoms with Crippen molar-refractivity contribution in [1.29, 1.82) is 0 Å². The molecule has 3 nitrogen and oxygen atoms in total. The zero-order valence-electron chi connectivity index (χ0n) is 12.9. The largest absolute Gasteiger partial charge is 0.337 e. The van der Waals surface area contributed by atoms with Crippen molar-refractivity contribution in [2.75, 3.05) is 0 Å². The van der Waals surface area contributed by atoms with E-state index >= 15 is 0 Å². The van der Waals surface area contributed by atoms with Gasteiger partial charge in [0, 0.05) is 25.8 Å². The predicted octanol–water partition coefficient (Wildman–Crippen LogP) is 3.69. The molecule has 1 N–H and O–H groups in total. The lowest BCUT2D eigenvalue weighted by Gasteiger charge is -2.27. The van der Waals surface area contributed by atoms with E-state index in [1.54, 1.807) is 0 Å². The maximum absolute atomic E-state index is 4.17. The van der Waals surface area contributed by atoms with Crippen LogP contribution in [0.2, 0.25) is 0 Å². The van der Waals surface area contributed by atoms with E-state index in [9.17, 15) is 0 Å². The summed E-state index contributed by atoms with van der Waals surface area (Å²) < 4.78 is 2.06. The van der Waals surface area contributed by atoms with Crippen LogP contribution in [0.25, 0.3) is 0 Å². The third-order valence-electron chi connectivity index (χ3n) is 3.46. The van der Waals surface area contributed by atoms with Gasteiger partial charge in [0.15, 0.2) is 0 Å². The molecule has 1 aromatic heterocycles. The average molecular weight is 271 g/mol. The van der Waals surface area contributed by atoms with E-state index in [0.717, 1.165) is 13.0 Å². The minimum Gasteiger partial charge on any atom is -0.337 e. The Bertz CT molecular complexity index is 523. The third-order valence-corrected chi connectivity index (χ3v) is 3.46. The highest BCUT2D eigenvalue weighted by Crippen LogP contribution is 2.29. The van der Waals surface area contributed by atoms with Crippen molar-refractivity contribution in [3.05, 3.63) is 54.1 Å². The van der Waals surface area contributed by atoms with E-state index < -0.39 is 0 Å². The lowest BCUT2D eigenvalue weighted by atomic mass is 9.85. The van der Waals surface area contributed by atoms with E-state index in [-0.39, 0.29) is 0 Å². The molecule has 0 fully saturated rings. The van der Waals surface area contributed by atoms with Crippen LogP contribution in [0.15, 0.2) is 42.9 Å². The summed E-state index contributed by atoms with van der Waals surface area (Å²) in [5.41, 5.74) is 2.85. The highest BCUT2D eigenvalue weighted by atomic mass is 15.0. The predicted molar refractivity (Wildman–Crippen MR) is 83.3 cm³/mol. The molecule has 0 aliphatic rings. The maximum atomic E-state index is 4.17. The van der Waals surface area contributed by atoms with Gasteiger partial charge in [0.05, 0.1) is 12.0 Å². The van der Waals surface area contributed by atoms with Crippen molar-refractivity contribution in [1.82, 2.24) is 14.9 Å². The molecule has 108 valence electrons. The Morgan fingerprint density at radius 1 is 1.20 bits per heavy atom. The number of nitrogens with one attached hydrogen (secondary N) is 1. The molecular weight excluding hydrogens is 246 g/mol. The van der Waals surface area contributed by atoms with Gasteiger partial charge in [-0.05, 0) is 17.4 Å². The fourth-order valence-corrected chi connectivity index (χ4v) is 2.39. The van der Waals surface area contributed by atoms with Gasteiger partial charge in [-0.1, -0.05) is 51.1 Å². The summed E-state index contributed by atoms with van der Waals surface area (Å²) in [4.78, 5) is 4.17. The van der Waals surface area contributed by atoms with Crippen LogP contribution in [0, 0.1) is 5.41 Å². The fraction of sp³-hybridized carbons (Fsp3) is 0.471. The van der Waals surface area contributed by atoms with Gasteiger partial charge in [0.1, 0.15) is 0 Å². The number of hydrogen-bond acceptors (Lipinski definition) is 2. The molecule has 0 spiro atoms. The Morgan fingerprint density at radius 2 is 1.90 bits per heavy atom. The van der Waals surface area contributed by atoms with E-state index in [4.69, 9.17) is 0 Å². The van der Waals surface area contributed by atoms with Crippen molar-refractivity contribution < 1.29 is 0 Å². The molecule has 0 amide bonds. The second-order valence-corrected chi connectivity index (χ2v) is 6.60. The van der Waals surface area contributed by atoms with Crippen LogP contribution in [-0.2, 0) is 13.6 Å². The van der Waals surface area contributed by atoms with Crippen molar-refractivity contribution in [2.45, 2.75) is 39.8 Å². The van der Waals surface area contributed by atoms with Crippen LogP contribution in [0.1, 0.15) is 44.5 Å². The number of imidazole rings is 1. The van der Waals surface area contributed by atoms with Crippen LogP contribution >= 0.6 is 0 Å². The second-order valence-electron chi connectivity index (χ2n) is 6.60. The number of benzene rings is 1. The van der Waals surface area contributed by atoms with Crippen molar-refractivity contribution >= 4 is 0 Å². The highest BCUT2D eigenvalue weighted by Gasteiger charge is 2.20. The zero-order chi connectivity index (χ0) is 14.6. The normalized spacial score (nSPS) is 13.4. The van der Waals surface area contributed by atoms with E-state index in [0.29, 0.717) is 11.5 Å². The first-order chi connectivity index (χ1) is 9.46. The lowest BCUT2D eigenvalue weighted by Crippen LogP contribution is -2.26. The molecule has 3 heteroatoms. The minimum atomic E-state index is 0.292. The molecule has 0 radical (unpaired) electrons. The highest BCUT2D eigenvalue weighted by molar-refractivity contribution is 5.19. The molecule has 1 atom stereocenters. The summed E-state index contributed by atoms with van der Waals surface area (Å²) in [7, 11) is 2.03. The molecule has 1 unspecified atom stereocenters. The standard InChI is InChI=1S/C17H25N3/c1-17(2,3)10-16(14-8-6-5-7-9-14)19-12-15-11-18-13-20(15)4/h5-9,11,13,16,19H,10,12H2,1-4H3. The molecule has 1 aromatic carbocycles. The maximum Gasteiger partial charge on any atom is 0.0945 e. The molecule has 20 heavy (non-hydrogen) atoms. The Kier molecular flexibility index (Phi) is 4.61. The van der Waals surface area contributed by atoms with Gasteiger partial charge >= 0.3 is 0 Å². The Morgan fingerprint density at radius 3 is 2.45 bits per heavy atom. The topological polar surface area (TPSA) is 29.9 Å². The molecule has 0 bridgehead atoms. The summed E-state index contributed by atoms with van der Waals surface area (Å²) in [6.07, 6.45) is 4.87. The van der Waals surface area contributed by atoms with Crippen LogP contribution in [0.3, 0.4) is 0 Å². The molecule has 1 heterocycles. The smallest absolute Gasteiger partial charge is 0.0945 e. The monoisotopic (exact) mass is 271 g/mol. The molecule has 2 aromatic rings. The quantitative estimate of drug-likeness (QED) is 0.899. The van der Waals surface area contributed by atoms with Crippen LogP contribution in [0.4, 0.5) is 0 Å². The van der Waals surface area contributed by atoms with Crippen LogP contribution in [0.5, 0.6) is 0 Å². The number of aryl methyl sites for hydroxylation is 1. The minimum absolute atomic E-state index is 0.292. The lowest BCUT2D eigenvalue weighted by molar-refractivity contribution is 0.309. The van der Waals surface area contributed by atoms with Gasteiger partial charge in [-0.15, -0.1) is 0 Å². The molecule has 0 aliphatic heterocycles. The van der Waals surface area contributed by atoms with Gasteiger partial charge in [0.25, 0.3) is 0 Å². The van der Waals surface area contributed by atoms with Crippen molar-refractivity contribution in [3.8, 4) is 0 Å². The Hall–Kier alpha value is -1.61. The van der Waals surface area contributed by atoms with Gasteiger partial charge < -0.3 is 9.88 Å². The molecular formula is C17H25N3. The van der Waals surface area contributed by atoms with E-state index in [2.05, 4.69) is 66.0 Å². The van der Waals surface area contributed by atoms with E-state index in [1.807, 2.05) is 19.6 Å². The summed E-state index contributed by atoms with van der Waals surface area (Å²) in [6, 6.07) is 11.1. The van der Waals surface area contributed by atoms with Crippen LogP contribution in [-0.4, -0.2) is 9.55 Å². The first kappa shape index (κ1) is 14.8. The molecule has 0 aliphatic carbocycles. The zero-order valence-corrected chi connectivity index (χ0v) is 12.9. The van der Waals surface area contributed by atoms with Gasteiger partial charge in [0.2, 0.25) is 0 Å². The number of nitrogens with zero attached hydrogens (tertiary/aromatic N) is 2. The first-order valence-electron chi connectivity index (χ1n) is 7.19. The second kappa shape index (κ2) is 6.23. The molecule has 0 saturated heterocycles. The van der Waals surface area contributed by atoms with Gasteiger partial charge in [-0.25, -0.2) is 4.98 Å². The number of rotatable bonds is 5. The van der Waals surface area contributed by atoms with Crippen molar-refractivity contribution in [2.24, 2.45) is 12.5 Å². The van der Waals surface area contributed by atoms with Crippen LogP contribution < -0.4 is 5.32 Å². The Balaban J connectivity index is 2.09. The number of aromatic nitrogens is 2. The van der Waals surface area contributed by atoms with Gasteiger partial charge in [-0.3, -0.25) is 0 Å². The molecule has 0 saturated carbocycles. The SMILES string of the molecule is Cn1cncc1CNC(CC(C)(C)C)c1ccccc1. The van der Waals surface area contributed by atoms with Gasteiger partial charge in [-0.2, -0.15) is 0 Å². The first-order valence-corrected chi connectivity index (χ1v) is 7.19. The fourth-order valence-electron chi connectivity index (χ4n) is 2.39. The third kappa shape index (κ3) is 4.20. The number of hydrogen-bond donors (Lipinski definition) is 1. The Labute approximate surface area is 122 Å². The molecule has 2 rings (SSSR count). The summed E-state index contributed by atoms with van der Waals surface area (Å²) in [6.45, 7) is 7.70. The van der Waals surface area contributed by atoms with Crippen molar-refractivity contribution in [3.63, 3.8) is 0 Å². The summed E-state index contributed by atoms with van der Waals surface area (Å²) in [5.74, 6) is 0. The summed E-state index contributed by atoms with van der Waals surface area (Å²) >= 11 is 0. The summed E-state index contributed by atoms with van der Waals surface area (Å²) in [5, 5.41) is 3.67. The van der Waals surface area contributed by atoms with E-state index in [1.165, 1.54) is 11.3 Å². The average Bonchev–Trinajstić information content (AvgIpc) is 2.80.